The Morgan fingerprint density at radius 3 is 2.77 bits per heavy atom. The molecule has 0 spiro atoms. The van der Waals surface area contributed by atoms with Gasteiger partial charge in [-0.15, -0.1) is 10.2 Å². The highest BCUT2D eigenvalue weighted by Gasteiger charge is 2.23. The van der Waals surface area contributed by atoms with E-state index in [1.807, 2.05) is 37.3 Å². The van der Waals surface area contributed by atoms with Gasteiger partial charge in [0.15, 0.2) is 11.0 Å². The van der Waals surface area contributed by atoms with Gasteiger partial charge in [0.1, 0.15) is 5.76 Å². The lowest BCUT2D eigenvalue weighted by Crippen LogP contribution is -2.16. The number of benzene rings is 1. The average molecular weight is 390 g/mol. The molecule has 1 aromatic carbocycles. The molecule has 4 rings (SSSR count). The summed E-state index contributed by atoms with van der Waals surface area (Å²) in [6.07, 6.45) is 4.09. The molecule has 7 heteroatoms. The van der Waals surface area contributed by atoms with Crippen molar-refractivity contribution in [3.05, 3.63) is 52.9 Å². The van der Waals surface area contributed by atoms with Crippen molar-refractivity contribution in [3.63, 3.8) is 0 Å². The van der Waals surface area contributed by atoms with E-state index < -0.39 is 0 Å². The number of ether oxygens (including phenoxy) is 1. The first-order valence-electron chi connectivity index (χ1n) is 8.67. The molecule has 1 fully saturated rings. The van der Waals surface area contributed by atoms with E-state index >= 15 is 0 Å². The van der Waals surface area contributed by atoms with Crippen molar-refractivity contribution in [2.24, 2.45) is 0 Å². The summed E-state index contributed by atoms with van der Waals surface area (Å²) in [5.74, 6) is 2.50. The fraction of sp³-hybridized carbons (Fsp3) is 0.368. The zero-order chi connectivity index (χ0) is 17.9. The van der Waals surface area contributed by atoms with Gasteiger partial charge in [-0.3, -0.25) is 4.57 Å². The fourth-order valence-corrected chi connectivity index (χ4v) is 4.13. The van der Waals surface area contributed by atoms with Gasteiger partial charge in [0, 0.05) is 17.4 Å². The molecule has 1 atom stereocenters. The molecule has 0 saturated carbocycles. The molecule has 1 aliphatic rings. The van der Waals surface area contributed by atoms with Crippen LogP contribution in [0.5, 0.6) is 0 Å². The monoisotopic (exact) mass is 389 g/mol. The summed E-state index contributed by atoms with van der Waals surface area (Å²) in [5.41, 5.74) is 2.18. The Morgan fingerprint density at radius 2 is 2.08 bits per heavy atom. The van der Waals surface area contributed by atoms with E-state index in [0.717, 1.165) is 59.1 Å². The van der Waals surface area contributed by atoms with E-state index in [9.17, 15) is 0 Å². The minimum atomic E-state index is 0.215. The first-order valence-corrected chi connectivity index (χ1v) is 10.0. The number of nitrogens with zero attached hydrogens (tertiary/aromatic N) is 3. The molecule has 2 aromatic heterocycles. The van der Waals surface area contributed by atoms with Gasteiger partial charge in [-0.25, -0.2) is 0 Å². The molecule has 0 radical (unpaired) electrons. The second-order valence-corrected chi connectivity index (χ2v) is 7.74. The molecular weight excluding hydrogens is 370 g/mol. The molecule has 0 aliphatic carbocycles. The molecule has 1 aliphatic heterocycles. The zero-order valence-electron chi connectivity index (χ0n) is 14.5. The van der Waals surface area contributed by atoms with Gasteiger partial charge in [-0.05, 0) is 43.5 Å². The molecule has 26 heavy (non-hydrogen) atoms. The van der Waals surface area contributed by atoms with Gasteiger partial charge in [0.25, 0.3) is 0 Å². The van der Waals surface area contributed by atoms with E-state index in [1.165, 1.54) is 5.56 Å². The molecular formula is C19H20ClN3O2S. The Hall–Kier alpha value is -1.76. The van der Waals surface area contributed by atoms with Crippen LogP contribution in [0.2, 0.25) is 5.02 Å². The molecule has 1 saturated heterocycles. The summed E-state index contributed by atoms with van der Waals surface area (Å²) >= 11 is 7.64. The van der Waals surface area contributed by atoms with Crippen LogP contribution in [0.25, 0.3) is 11.4 Å². The summed E-state index contributed by atoms with van der Waals surface area (Å²) in [4.78, 5) is 0. The SMILES string of the molecule is Cc1occc1-c1nnc(SCc2ccc(Cl)cc2)n1CC1CCCO1. The summed E-state index contributed by atoms with van der Waals surface area (Å²) in [5, 5.41) is 10.5. The first-order chi connectivity index (χ1) is 12.7. The minimum Gasteiger partial charge on any atom is -0.469 e. The lowest BCUT2D eigenvalue weighted by Gasteiger charge is -2.14. The second-order valence-electron chi connectivity index (χ2n) is 6.36. The summed E-state index contributed by atoms with van der Waals surface area (Å²) < 4.78 is 13.5. The topological polar surface area (TPSA) is 53.1 Å². The van der Waals surface area contributed by atoms with Crippen LogP contribution in [0, 0.1) is 6.92 Å². The number of thioether (sulfide) groups is 1. The van der Waals surface area contributed by atoms with Gasteiger partial charge in [-0.2, -0.15) is 0 Å². The van der Waals surface area contributed by atoms with Crippen molar-refractivity contribution >= 4 is 23.4 Å². The molecule has 0 amide bonds. The smallest absolute Gasteiger partial charge is 0.191 e. The van der Waals surface area contributed by atoms with Crippen LogP contribution < -0.4 is 0 Å². The van der Waals surface area contributed by atoms with Crippen molar-refractivity contribution in [2.45, 2.75) is 43.3 Å². The molecule has 0 N–H and O–H groups in total. The number of hydrogen-bond acceptors (Lipinski definition) is 5. The molecule has 0 bridgehead atoms. The van der Waals surface area contributed by atoms with Crippen LogP contribution in [0.4, 0.5) is 0 Å². The quantitative estimate of drug-likeness (QED) is 0.557. The van der Waals surface area contributed by atoms with Crippen molar-refractivity contribution in [1.29, 1.82) is 0 Å². The largest absolute Gasteiger partial charge is 0.469 e. The van der Waals surface area contributed by atoms with Gasteiger partial charge in [0.05, 0.1) is 24.5 Å². The predicted octanol–water partition coefficient (Wildman–Crippen LogP) is 4.97. The van der Waals surface area contributed by atoms with E-state index in [0.29, 0.717) is 0 Å². The van der Waals surface area contributed by atoms with Crippen molar-refractivity contribution in [1.82, 2.24) is 14.8 Å². The van der Waals surface area contributed by atoms with Crippen molar-refractivity contribution in [3.8, 4) is 11.4 Å². The third-order valence-electron chi connectivity index (χ3n) is 4.51. The maximum Gasteiger partial charge on any atom is 0.191 e. The number of aryl methyl sites for hydroxylation is 1. The number of furan rings is 1. The Kier molecular flexibility index (Phi) is 5.33. The van der Waals surface area contributed by atoms with Crippen LogP contribution in [0.1, 0.15) is 24.2 Å². The van der Waals surface area contributed by atoms with Gasteiger partial charge in [0.2, 0.25) is 0 Å². The highest BCUT2D eigenvalue weighted by Crippen LogP contribution is 2.30. The number of halogens is 1. The lowest BCUT2D eigenvalue weighted by atomic mass is 10.2. The first kappa shape index (κ1) is 17.6. The third kappa shape index (κ3) is 3.82. The average Bonchev–Trinajstić information content (AvgIpc) is 3.37. The van der Waals surface area contributed by atoms with E-state index in [1.54, 1.807) is 18.0 Å². The van der Waals surface area contributed by atoms with Crippen LogP contribution in [-0.2, 0) is 17.0 Å². The zero-order valence-corrected chi connectivity index (χ0v) is 16.1. The Labute approximate surface area is 161 Å². The van der Waals surface area contributed by atoms with Crippen LogP contribution in [-0.4, -0.2) is 27.5 Å². The summed E-state index contributed by atoms with van der Waals surface area (Å²) in [7, 11) is 0. The summed E-state index contributed by atoms with van der Waals surface area (Å²) in [6.45, 7) is 3.54. The standard InChI is InChI=1S/C19H20ClN3O2S/c1-13-17(8-10-24-13)18-21-22-19(23(18)11-16-3-2-9-25-16)26-12-14-4-6-15(20)7-5-14/h4-8,10,16H,2-3,9,11-12H2,1H3. The van der Waals surface area contributed by atoms with Crippen LogP contribution in [0.3, 0.4) is 0 Å². The predicted molar refractivity (Wildman–Crippen MR) is 102 cm³/mol. The van der Waals surface area contributed by atoms with E-state index in [-0.39, 0.29) is 6.10 Å². The van der Waals surface area contributed by atoms with Gasteiger partial charge >= 0.3 is 0 Å². The maximum atomic E-state index is 5.97. The second kappa shape index (κ2) is 7.86. The minimum absolute atomic E-state index is 0.215. The highest BCUT2D eigenvalue weighted by molar-refractivity contribution is 7.98. The lowest BCUT2D eigenvalue weighted by molar-refractivity contribution is 0.0953. The third-order valence-corrected chi connectivity index (χ3v) is 5.80. The van der Waals surface area contributed by atoms with Gasteiger partial charge in [-0.1, -0.05) is 35.5 Å². The Morgan fingerprint density at radius 1 is 1.23 bits per heavy atom. The van der Waals surface area contributed by atoms with E-state index in [2.05, 4.69) is 14.8 Å². The number of aromatic nitrogens is 3. The van der Waals surface area contributed by atoms with Crippen molar-refractivity contribution < 1.29 is 9.15 Å². The van der Waals surface area contributed by atoms with Crippen molar-refractivity contribution in [2.75, 3.05) is 6.61 Å². The van der Waals surface area contributed by atoms with Crippen LogP contribution >= 0.6 is 23.4 Å². The maximum absolute atomic E-state index is 5.97. The molecule has 5 nitrogen and oxygen atoms in total. The number of hydrogen-bond donors (Lipinski definition) is 0. The molecule has 136 valence electrons. The highest BCUT2D eigenvalue weighted by atomic mass is 35.5. The van der Waals surface area contributed by atoms with Crippen LogP contribution in [0.15, 0.2) is 46.2 Å². The normalized spacial score (nSPS) is 17.1. The summed E-state index contributed by atoms with van der Waals surface area (Å²) in [6, 6.07) is 9.84. The van der Waals surface area contributed by atoms with E-state index in [4.69, 9.17) is 20.8 Å². The fourth-order valence-electron chi connectivity index (χ4n) is 3.10. The molecule has 3 heterocycles. The van der Waals surface area contributed by atoms with Gasteiger partial charge < -0.3 is 9.15 Å². The number of rotatable bonds is 6. The Bertz CT molecular complexity index is 869. The Balaban J connectivity index is 1.59. The molecule has 3 aromatic rings. The molecule has 1 unspecified atom stereocenters.